The van der Waals surface area contributed by atoms with Crippen LogP contribution < -0.4 is 10.6 Å². The van der Waals surface area contributed by atoms with E-state index in [9.17, 15) is 4.79 Å². The van der Waals surface area contributed by atoms with Gasteiger partial charge in [-0.2, -0.15) is 0 Å². The molecule has 13 heavy (non-hydrogen) atoms. The minimum absolute atomic E-state index is 0.0953. The van der Waals surface area contributed by atoms with E-state index >= 15 is 0 Å². The molecule has 1 aliphatic heterocycles. The number of amides is 1. The fraction of sp³-hybridized carbons (Fsp3) is 0.900. The molecule has 1 saturated heterocycles. The molecule has 0 aliphatic carbocycles. The van der Waals surface area contributed by atoms with Gasteiger partial charge >= 0.3 is 0 Å². The second-order valence-electron chi connectivity index (χ2n) is 4.61. The summed E-state index contributed by atoms with van der Waals surface area (Å²) in [4.78, 5) is 11.3. The number of nitrogens with one attached hydrogen (secondary N) is 2. The van der Waals surface area contributed by atoms with Crippen LogP contribution in [0.3, 0.4) is 0 Å². The van der Waals surface area contributed by atoms with E-state index in [4.69, 9.17) is 0 Å². The van der Waals surface area contributed by atoms with Crippen LogP contribution in [-0.4, -0.2) is 25.5 Å². The molecule has 3 heteroatoms. The van der Waals surface area contributed by atoms with E-state index in [0.717, 1.165) is 26.1 Å². The topological polar surface area (TPSA) is 41.1 Å². The molecule has 0 saturated carbocycles. The molecule has 0 aromatic rings. The first kappa shape index (κ1) is 10.5. The van der Waals surface area contributed by atoms with Crippen LogP contribution in [0.15, 0.2) is 0 Å². The molecule has 0 aromatic carbocycles. The maximum Gasteiger partial charge on any atom is 0.222 e. The SMILES string of the molecule is CC(C)C(=O)NC[C@]1(C)CCNC1. The molecule has 1 rings (SSSR count). The highest BCUT2D eigenvalue weighted by molar-refractivity contribution is 5.77. The van der Waals surface area contributed by atoms with Crippen molar-refractivity contribution < 1.29 is 4.79 Å². The number of hydrogen-bond acceptors (Lipinski definition) is 2. The summed E-state index contributed by atoms with van der Waals surface area (Å²) in [5, 5.41) is 6.30. The predicted molar refractivity (Wildman–Crippen MR) is 53.4 cm³/mol. The summed E-state index contributed by atoms with van der Waals surface area (Å²) < 4.78 is 0. The summed E-state index contributed by atoms with van der Waals surface area (Å²) in [6.45, 7) is 8.96. The summed E-state index contributed by atoms with van der Waals surface area (Å²) in [6, 6.07) is 0. The van der Waals surface area contributed by atoms with E-state index in [1.807, 2.05) is 13.8 Å². The highest BCUT2D eigenvalue weighted by atomic mass is 16.1. The van der Waals surface area contributed by atoms with Crippen molar-refractivity contribution in [1.29, 1.82) is 0 Å². The smallest absolute Gasteiger partial charge is 0.222 e. The van der Waals surface area contributed by atoms with Crippen LogP contribution in [-0.2, 0) is 4.79 Å². The van der Waals surface area contributed by atoms with Crippen LogP contribution in [0.4, 0.5) is 0 Å². The Balaban J connectivity index is 2.29. The first-order valence-corrected chi connectivity index (χ1v) is 5.02. The summed E-state index contributed by atoms with van der Waals surface area (Å²) in [5.41, 5.74) is 0.268. The lowest BCUT2D eigenvalue weighted by molar-refractivity contribution is -0.124. The normalized spacial score (nSPS) is 28.0. The van der Waals surface area contributed by atoms with Crippen molar-refractivity contribution in [2.24, 2.45) is 11.3 Å². The Labute approximate surface area is 80.3 Å². The van der Waals surface area contributed by atoms with Crippen LogP contribution in [0.25, 0.3) is 0 Å². The quantitative estimate of drug-likeness (QED) is 0.680. The zero-order chi connectivity index (χ0) is 9.90. The molecular formula is C10H20N2O. The molecule has 76 valence electrons. The fourth-order valence-corrected chi connectivity index (χ4v) is 1.52. The molecule has 2 N–H and O–H groups in total. The zero-order valence-corrected chi connectivity index (χ0v) is 8.81. The Morgan fingerprint density at radius 2 is 2.31 bits per heavy atom. The average Bonchev–Trinajstić information content (AvgIpc) is 2.48. The van der Waals surface area contributed by atoms with E-state index in [1.54, 1.807) is 0 Å². The van der Waals surface area contributed by atoms with Gasteiger partial charge in [-0.25, -0.2) is 0 Å². The van der Waals surface area contributed by atoms with Crippen molar-refractivity contribution in [3.8, 4) is 0 Å². The molecule has 1 atom stereocenters. The lowest BCUT2D eigenvalue weighted by atomic mass is 9.90. The van der Waals surface area contributed by atoms with Crippen molar-refractivity contribution in [3.05, 3.63) is 0 Å². The summed E-state index contributed by atoms with van der Waals surface area (Å²) in [6.07, 6.45) is 1.16. The van der Waals surface area contributed by atoms with Gasteiger partial charge in [0.15, 0.2) is 0 Å². The van der Waals surface area contributed by atoms with Gasteiger partial charge < -0.3 is 10.6 Å². The van der Waals surface area contributed by atoms with Gasteiger partial charge in [0.25, 0.3) is 0 Å². The van der Waals surface area contributed by atoms with Crippen LogP contribution in [0.2, 0.25) is 0 Å². The van der Waals surface area contributed by atoms with E-state index in [2.05, 4.69) is 17.6 Å². The Bertz CT molecular complexity index is 183. The Kier molecular flexibility index (Phi) is 3.31. The number of hydrogen-bond donors (Lipinski definition) is 2. The standard InChI is InChI=1S/C10H20N2O/c1-8(2)9(13)12-7-10(3)4-5-11-6-10/h8,11H,4-7H2,1-3H3,(H,12,13)/t10-/m1/s1. The van der Waals surface area contributed by atoms with Gasteiger partial charge in [-0.15, -0.1) is 0 Å². The van der Waals surface area contributed by atoms with Gasteiger partial charge in [0, 0.05) is 19.0 Å². The number of carbonyl (C=O) groups excluding carboxylic acids is 1. The lowest BCUT2D eigenvalue weighted by Gasteiger charge is -2.23. The Morgan fingerprint density at radius 3 is 2.77 bits per heavy atom. The molecular weight excluding hydrogens is 164 g/mol. The Hall–Kier alpha value is -0.570. The highest BCUT2D eigenvalue weighted by Crippen LogP contribution is 2.22. The van der Waals surface area contributed by atoms with Crippen LogP contribution in [0, 0.1) is 11.3 Å². The van der Waals surface area contributed by atoms with Crippen molar-refractivity contribution in [2.75, 3.05) is 19.6 Å². The first-order chi connectivity index (χ1) is 6.03. The van der Waals surface area contributed by atoms with Gasteiger partial charge in [0.2, 0.25) is 5.91 Å². The van der Waals surface area contributed by atoms with Gasteiger partial charge in [0.05, 0.1) is 0 Å². The van der Waals surface area contributed by atoms with E-state index < -0.39 is 0 Å². The van der Waals surface area contributed by atoms with Gasteiger partial charge in [-0.1, -0.05) is 20.8 Å². The molecule has 0 aromatic heterocycles. The first-order valence-electron chi connectivity index (χ1n) is 5.02. The Morgan fingerprint density at radius 1 is 1.62 bits per heavy atom. The average molecular weight is 184 g/mol. The summed E-state index contributed by atoms with van der Waals surface area (Å²) in [5.74, 6) is 0.256. The molecule has 1 amide bonds. The predicted octanol–water partition coefficient (Wildman–Crippen LogP) is 0.758. The molecule has 1 heterocycles. The maximum absolute atomic E-state index is 11.3. The van der Waals surface area contributed by atoms with Crippen molar-refractivity contribution in [2.45, 2.75) is 27.2 Å². The molecule has 0 bridgehead atoms. The fourth-order valence-electron chi connectivity index (χ4n) is 1.52. The second kappa shape index (κ2) is 4.09. The molecule has 3 nitrogen and oxygen atoms in total. The third kappa shape index (κ3) is 2.99. The third-order valence-electron chi connectivity index (χ3n) is 2.67. The van der Waals surface area contributed by atoms with Gasteiger partial charge in [-0.05, 0) is 18.4 Å². The summed E-state index contributed by atoms with van der Waals surface area (Å²) >= 11 is 0. The molecule has 0 spiro atoms. The van der Waals surface area contributed by atoms with Crippen molar-refractivity contribution >= 4 is 5.91 Å². The molecule has 1 aliphatic rings. The minimum atomic E-state index is 0.0953. The zero-order valence-electron chi connectivity index (χ0n) is 8.81. The second-order valence-corrected chi connectivity index (χ2v) is 4.61. The minimum Gasteiger partial charge on any atom is -0.355 e. The molecule has 0 radical (unpaired) electrons. The molecule has 0 unspecified atom stereocenters. The number of carbonyl (C=O) groups is 1. The largest absolute Gasteiger partial charge is 0.355 e. The van der Waals surface area contributed by atoms with Crippen molar-refractivity contribution in [1.82, 2.24) is 10.6 Å². The maximum atomic E-state index is 11.3. The van der Waals surface area contributed by atoms with Gasteiger partial charge in [-0.3, -0.25) is 4.79 Å². The third-order valence-corrected chi connectivity index (χ3v) is 2.67. The van der Waals surface area contributed by atoms with Crippen LogP contribution in [0.1, 0.15) is 27.2 Å². The highest BCUT2D eigenvalue weighted by Gasteiger charge is 2.28. The van der Waals surface area contributed by atoms with Crippen LogP contribution >= 0.6 is 0 Å². The lowest BCUT2D eigenvalue weighted by Crippen LogP contribution is -2.38. The van der Waals surface area contributed by atoms with Crippen molar-refractivity contribution in [3.63, 3.8) is 0 Å². The van der Waals surface area contributed by atoms with Crippen LogP contribution in [0.5, 0.6) is 0 Å². The van der Waals surface area contributed by atoms with E-state index in [1.165, 1.54) is 0 Å². The van der Waals surface area contributed by atoms with E-state index in [-0.39, 0.29) is 17.2 Å². The van der Waals surface area contributed by atoms with Gasteiger partial charge in [0.1, 0.15) is 0 Å². The summed E-state index contributed by atoms with van der Waals surface area (Å²) in [7, 11) is 0. The number of rotatable bonds is 3. The molecule has 1 fully saturated rings. The monoisotopic (exact) mass is 184 g/mol. The van der Waals surface area contributed by atoms with E-state index in [0.29, 0.717) is 0 Å².